The number of hydrogen-bond donors (Lipinski definition) is 1. The van der Waals surface area contributed by atoms with Crippen molar-refractivity contribution < 1.29 is 23.8 Å². The first-order valence-electron chi connectivity index (χ1n) is 7.92. The number of ether oxygens (including phenoxy) is 3. The highest BCUT2D eigenvalue weighted by Crippen LogP contribution is 2.13. The topological polar surface area (TPSA) is 86.8 Å². The Labute approximate surface area is 146 Å². The maximum atomic E-state index is 12.0. The van der Waals surface area contributed by atoms with Crippen LogP contribution < -0.4 is 5.32 Å². The SMILES string of the molecule is COCCOCC(=O)N[C@H](Cc1ccc2ccccc2n1)C(=O)OC. The highest BCUT2D eigenvalue weighted by Gasteiger charge is 2.22. The van der Waals surface area contributed by atoms with Gasteiger partial charge in [0.15, 0.2) is 0 Å². The van der Waals surface area contributed by atoms with Crippen LogP contribution in [0.5, 0.6) is 0 Å². The summed E-state index contributed by atoms with van der Waals surface area (Å²) >= 11 is 0. The van der Waals surface area contributed by atoms with Gasteiger partial charge in [-0.2, -0.15) is 0 Å². The van der Waals surface area contributed by atoms with Gasteiger partial charge < -0.3 is 19.5 Å². The first-order valence-corrected chi connectivity index (χ1v) is 7.92. The molecule has 134 valence electrons. The van der Waals surface area contributed by atoms with Crippen molar-refractivity contribution in [2.45, 2.75) is 12.5 Å². The lowest BCUT2D eigenvalue weighted by molar-refractivity contribution is -0.145. The molecule has 0 bridgehead atoms. The lowest BCUT2D eigenvalue weighted by Crippen LogP contribution is -2.44. The van der Waals surface area contributed by atoms with E-state index in [1.54, 1.807) is 7.11 Å². The van der Waals surface area contributed by atoms with E-state index in [2.05, 4.69) is 10.3 Å². The summed E-state index contributed by atoms with van der Waals surface area (Å²) in [6.07, 6.45) is 0.237. The van der Waals surface area contributed by atoms with Crippen LogP contribution >= 0.6 is 0 Å². The van der Waals surface area contributed by atoms with Gasteiger partial charge >= 0.3 is 5.97 Å². The fourth-order valence-corrected chi connectivity index (χ4v) is 2.31. The zero-order valence-electron chi connectivity index (χ0n) is 14.4. The Balaban J connectivity index is 2.01. The molecule has 0 radical (unpaired) electrons. The van der Waals surface area contributed by atoms with Crippen LogP contribution in [-0.4, -0.2) is 56.9 Å². The molecule has 2 rings (SSSR count). The summed E-state index contributed by atoms with van der Waals surface area (Å²) in [6.45, 7) is 0.551. The third-order valence-corrected chi connectivity index (χ3v) is 3.56. The molecule has 0 unspecified atom stereocenters. The molecule has 0 fully saturated rings. The summed E-state index contributed by atoms with van der Waals surface area (Å²) in [5.74, 6) is -0.924. The van der Waals surface area contributed by atoms with E-state index in [1.165, 1.54) is 7.11 Å². The molecular formula is C18H22N2O5. The van der Waals surface area contributed by atoms with Crippen LogP contribution in [0.2, 0.25) is 0 Å². The molecular weight excluding hydrogens is 324 g/mol. The number of carbonyl (C=O) groups is 2. The Morgan fingerprint density at radius 3 is 2.68 bits per heavy atom. The zero-order valence-corrected chi connectivity index (χ0v) is 14.4. The van der Waals surface area contributed by atoms with E-state index in [0.29, 0.717) is 18.9 Å². The van der Waals surface area contributed by atoms with E-state index in [0.717, 1.165) is 10.9 Å². The van der Waals surface area contributed by atoms with Gasteiger partial charge in [-0.3, -0.25) is 9.78 Å². The lowest BCUT2D eigenvalue weighted by atomic mass is 10.1. The van der Waals surface area contributed by atoms with Crippen molar-refractivity contribution in [2.24, 2.45) is 0 Å². The van der Waals surface area contributed by atoms with E-state index in [4.69, 9.17) is 14.2 Å². The summed E-state index contributed by atoms with van der Waals surface area (Å²) in [7, 11) is 2.83. The first kappa shape index (κ1) is 18.8. The minimum absolute atomic E-state index is 0.151. The minimum Gasteiger partial charge on any atom is -0.467 e. The molecule has 25 heavy (non-hydrogen) atoms. The van der Waals surface area contributed by atoms with Crippen molar-refractivity contribution in [1.82, 2.24) is 10.3 Å². The van der Waals surface area contributed by atoms with E-state index >= 15 is 0 Å². The van der Waals surface area contributed by atoms with E-state index in [9.17, 15) is 9.59 Å². The molecule has 1 amide bonds. The van der Waals surface area contributed by atoms with Crippen molar-refractivity contribution in [3.63, 3.8) is 0 Å². The van der Waals surface area contributed by atoms with Crippen LogP contribution in [0.4, 0.5) is 0 Å². The Hall–Kier alpha value is -2.51. The molecule has 1 N–H and O–H groups in total. The van der Waals surface area contributed by atoms with Crippen molar-refractivity contribution in [1.29, 1.82) is 0 Å². The second-order valence-electron chi connectivity index (χ2n) is 5.39. The molecule has 0 spiro atoms. The Morgan fingerprint density at radius 2 is 1.92 bits per heavy atom. The largest absolute Gasteiger partial charge is 0.467 e. The maximum absolute atomic E-state index is 12.0. The predicted molar refractivity (Wildman–Crippen MR) is 92.1 cm³/mol. The van der Waals surface area contributed by atoms with Crippen LogP contribution in [0.1, 0.15) is 5.69 Å². The van der Waals surface area contributed by atoms with Crippen molar-refractivity contribution in [2.75, 3.05) is 34.0 Å². The van der Waals surface area contributed by atoms with Gasteiger partial charge in [-0.1, -0.05) is 24.3 Å². The van der Waals surface area contributed by atoms with Crippen LogP contribution in [0.25, 0.3) is 10.9 Å². The second-order valence-corrected chi connectivity index (χ2v) is 5.39. The fraction of sp³-hybridized carbons (Fsp3) is 0.389. The quantitative estimate of drug-likeness (QED) is 0.540. The number of benzene rings is 1. The average Bonchev–Trinajstić information content (AvgIpc) is 2.64. The van der Waals surface area contributed by atoms with Gasteiger partial charge in [0.1, 0.15) is 12.6 Å². The van der Waals surface area contributed by atoms with Gasteiger partial charge in [0.05, 0.1) is 25.8 Å². The summed E-state index contributed by atoms with van der Waals surface area (Å²) in [6, 6.07) is 10.6. The number of para-hydroxylation sites is 1. The minimum atomic E-state index is -0.822. The normalized spacial score (nSPS) is 11.9. The number of methoxy groups -OCH3 is 2. The number of esters is 1. The van der Waals surface area contributed by atoms with E-state index < -0.39 is 17.9 Å². The van der Waals surface area contributed by atoms with Gasteiger partial charge in [0, 0.05) is 24.6 Å². The van der Waals surface area contributed by atoms with Crippen LogP contribution in [0.15, 0.2) is 36.4 Å². The molecule has 1 heterocycles. The molecule has 0 saturated carbocycles. The summed E-state index contributed by atoms with van der Waals surface area (Å²) in [5, 5.41) is 3.63. The maximum Gasteiger partial charge on any atom is 0.328 e. The number of fused-ring (bicyclic) bond motifs is 1. The molecule has 7 heteroatoms. The van der Waals surface area contributed by atoms with E-state index in [1.807, 2.05) is 36.4 Å². The molecule has 1 aromatic carbocycles. The first-order chi connectivity index (χ1) is 12.1. The third-order valence-electron chi connectivity index (χ3n) is 3.56. The Morgan fingerprint density at radius 1 is 1.12 bits per heavy atom. The Bertz CT molecular complexity index is 719. The summed E-state index contributed by atoms with van der Waals surface area (Å²) < 4.78 is 14.8. The van der Waals surface area contributed by atoms with Gasteiger partial charge in [-0.25, -0.2) is 4.79 Å². The molecule has 0 aliphatic rings. The number of nitrogens with zero attached hydrogens (tertiary/aromatic N) is 1. The zero-order chi connectivity index (χ0) is 18.1. The molecule has 2 aromatic rings. The number of aromatic nitrogens is 1. The van der Waals surface area contributed by atoms with Gasteiger partial charge in [0.25, 0.3) is 0 Å². The number of amides is 1. The molecule has 1 atom stereocenters. The molecule has 0 saturated heterocycles. The molecule has 0 aliphatic carbocycles. The molecule has 1 aromatic heterocycles. The van der Waals surface area contributed by atoms with Gasteiger partial charge in [-0.15, -0.1) is 0 Å². The smallest absolute Gasteiger partial charge is 0.328 e. The lowest BCUT2D eigenvalue weighted by Gasteiger charge is -2.16. The standard InChI is InChI=1S/C18H22N2O5/c1-23-9-10-25-12-17(21)20-16(18(22)24-2)11-14-8-7-13-5-3-4-6-15(13)19-14/h3-8,16H,9-12H2,1-2H3,(H,20,21)/t16-/m1/s1. The number of pyridine rings is 1. The average molecular weight is 346 g/mol. The number of rotatable bonds is 9. The van der Waals surface area contributed by atoms with Crippen molar-refractivity contribution in [3.8, 4) is 0 Å². The van der Waals surface area contributed by atoms with Crippen LogP contribution in [0, 0.1) is 0 Å². The Kier molecular flexibility index (Phi) is 7.31. The van der Waals surface area contributed by atoms with Gasteiger partial charge in [0.2, 0.25) is 5.91 Å². The summed E-state index contributed by atoms with van der Waals surface area (Å²) in [4.78, 5) is 28.4. The monoisotopic (exact) mass is 346 g/mol. The predicted octanol–water partition coefficient (Wildman–Crippen LogP) is 1.10. The van der Waals surface area contributed by atoms with Crippen LogP contribution in [-0.2, 0) is 30.2 Å². The van der Waals surface area contributed by atoms with Crippen molar-refractivity contribution >= 4 is 22.8 Å². The summed E-state index contributed by atoms with van der Waals surface area (Å²) in [5.41, 5.74) is 1.52. The van der Waals surface area contributed by atoms with Gasteiger partial charge in [-0.05, 0) is 12.1 Å². The molecule has 7 nitrogen and oxygen atoms in total. The number of carbonyl (C=O) groups excluding carboxylic acids is 2. The molecule has 0 aliphatic heterocycles. The second kappa shape index (κ2) is 9.71. The fourth-order valence-electron chi connectivity index (χ4n) is 2.31. The third kappa shape index (κ3) is 5.81. The van der Waals surface area contributed by atoms with E-state index in [-0.39, 0.29) is 13.0 Å². The van der Waals surface area contributed by atoms with Crippen LogP contribution in [0.3, 0.4) is 0 Å². The number of hydrogen-bond acceptors (Lipinski definition) is 6. The van der Waals surface area contributed by atoms with Crippen molar-refractivity contribution in [3.05, 3.63) is 42.1 Å². The number of nitrogens with one attached hydrogen (secondary N) is 1. The highest BCUT2D eigenvalue weighted by molar-refractivity contribution is 5.85. The highest BCUT2D eigenvalue weighted by atomic mass is 16.5.